The third kappa shape index (κ3) is 1.97. The molecular weight excluding hydrogens is 231 g/mol. The highest BCUT2D eigenvalue weighted by Gasteiger charge is 2.21. The average Bonchev–Trinajstić information content (AvgIpc) is 2.16. The normalized spacial score (nSPS) is 19.5. The number of nitrogens with zero attached hydrogens (tertiary/aromatic N) is 2. The molecule has 0 fully saturated rings. The van der Waals surface area contributed by atoms with E-state index in [-0.39, 0.29) is 5.50 Å². The lowest BCUT2D eigenvalue weighted by Crippen LogP contribution is -2.19. The predicted molar refractivity (Wildman–Crippen MR) is 66.5 cm³/mol. The molecule has 1 heterocycles. The van der Waals surface area contributed by atoms with Crippen molar-refractivity contribution in [2.45, 2.75) is 11.9 Å². The van der Waals surface area contributed by atoms with Crippen molar-refractivity contribution in [3.05, 3.63) is 29.3 Å². The Balaban J connectivity index is 2.57. The molecule has 1 unspecified atom stereocenters. The van der Waals surface area contributed by atoms with Crippen LogP contribution in [-0.4, -0.2) is 24.8 Å². The van der Waals surface area contributed by atoms with E-state index in [1.807, 2.05) is 26.2 Å². The Labute approximate surface area is 99.5 Å². The molecule has 0 saturated carbocycles. The zero-order valence-electron chi connectivity index (χ0n) is 8.67. The number of aliphatic imine (C=N–C) groups is 1. The number of hydrogen-bond donors (Lipinski definition) is 0. The number of benzene rings is 1. The monoisotopic (exact) mass is 242 g/mol. The summed E-state index contributed by atoms with van der Waals surface area (Å²) in [7, 11) is 4.02. The van der Waals surface area contributed by atoms with Crippen molar-refractivity contribution < 1.29 is 0 Å². The van der Waals surface area contributed by atoms with Crippen LogP contribution in [0.25, 0.3) is 0 Å². The fraction of sp³-hybridized carbons (Fsp3) is 0.364. The van der Waals surface area contributed by atoms with Crippen LogP contribution in [0.2, 0.25) is 0 Å². The predicted octanol–water partition coefficient (Wildman–Crippen LogP) is 2.86. The fourth-order valence-electron chi connectivity index (χ4n) is 1.81. The molecule has 1 aromatic rings. The second kappa shape index (κ2) is 4.03. The van der Waals surface area contributed by atoms with Gasteiger partial charge >= 0.3 is 0 Å². The first-order valence-electron chi connectivity index (χ1n) is 4.76. The third-order valence-corrected chi connectivity index (χ3v) is 3.03. The molecule has 2 nitrogen and oxygen atoms in total. The maximum absolute atomic E-state index is 6.07. The molecule has 15 heavy (non-hydrogen) atoms. The van der Waals surface area contributed by atoms with Gasteiger partial charge in [0.05, 0.1) is 0 Å². The molecule has 0 aliphatic carbocycles. The Bertz CT molecular complexity index is 413. The molecule has 0 radical (unpaired) electrons. The smallest absolute Gasteiger partial charge is 0.132 e. The molecule has 0 amide bonds. The fourth-order valence-corrected chi connectivity index (χ4v) is 2.40. The topological polar surface area (TPSA) is 15.6 Å². The zero-order valence-corrected chi connectivity index (χ0v) is 10.2. The molecule has 1 aromatic carbocycles. The number of halogens is 2. The van der Waals surface area contributed by atoms with Crippen LogP contribution in [0.5, 0.6) is 0 Å². The molecule has 0 aromatic heterocycles. The number of rotatable bonds is 1. The van der Waals surface area contributed by atoms with Crippen LogP contribution in [0.4, 0.5) is 5.69 Å². The van der Waals surface area contributed by atoms with Crippen LogP contribution in [0.3, 0.4) is 0 Å². The van der Waals surface area contributed by atoms with Gasteiger partial charge in [-0.15, -0.1) is 0 Å². The van der Waals surface area contributed by atoms with Crippen molar-refractivity contribution in [1.82, 2.24) is 0 Å². The molecule has 1 atom stereocenters. The van der Waals surface area contributed by atoms with Gasteiger partial charge in [-0.1, -0.05) is 35.3 Å². The van der Waals surface area contributed by atoms with E-state index in [9.17, 15) is 0 Å². The Hall–Kier alpha value is -0.730. The van der Waals surface area contributed by atoms with E-state index in [0.717, 1.165) is 17.7 Å². The molecule has 0 spiro atoms. The van der Waals surface area contributed by atoms with Crippen LogP contribution in [0.1, 0.15) is 11.1 Å². The van der Waals surface area contributed by atoms with Gasteiger partial charge in [0.1, 0.15) is 10.7 Å². The summed E-state index contributed by atoms with van der Waals surface area (Å²) in [6.07, 6.45) is 0.738. The van der Waals surface area contributed by atoms with Crippen LogP contribution in [0.15, 0.2) is 23.2 Å². The summed E-state index contributed by atoms with van der Waals surface area (Å²) in [5.41, 5.74) is 3.10. The lowest BCUT2D eigenvalue weighted by molar-refractivity contribution is 0.869. The highest BCUT2D eigenvalue weighted by Crippen LogP contribution is 2.30. The standard InChI is InChI=1S/C11H12Cl2N2/c1-15(2)9-5-3-4-7-8(9)6-10(12)14-11(7)13/h3-5,10H,6H2,1-2H3. The Morgan fingerprint density at radius 3 is 2.80 bits per heavy atom. The van der Waals surface area contributed by atoms with E-state index in [1.165, 1.54) is 5.56 Å². The average molecular weight is 243 g/mol. The number of alkyl halides is 1. The lowest BCUT2D eigenvalue weighted by Gasteiger charge is -2.23. The third-order valence-electron chi connectivity index (χ3n) is 2.48. The minimum atomic E-state index is -0.244. The highest BCUT2D eigenvalue weighted by atomic mass is 35.5. The number of hydrogen-bond acceptors (Lipinski definition) is 2. The van der Waals surface area contributed by atoms with Gasteiger partial charge in [-0.05, 0) is 11.6 Å². The second-order valence-corrected chi connectivity index (χ2v) is 4.62. The van der Waals surface area contributed by atoms with E-state index in [1.54, 1.807) is 0 Å². The van der Waals surface area contributed by atoms with E-state index in [0.29, 0.717) is 5.17 Å². The van der Waals surface area contributed by atoms with E-state index in [4.69, 9.17) is 23.2 Å². The summed E-state index contributed by atoms with van der Waals surface area (Å²) in [6, 6.07) is 6.04. The molecule has 1 aliphatic heterocycles. The summed E-state index contributed by atoms with van der Waals surface area (Å²) in [5.74, 6) is 0. The maximum atomic E-state index is 6.07. The van der Waals surface area contributed by atoms with Gasteiger partial charge in [0.2, 0.25) is 0 Å². The summed E-state index contributed by atoms with van der Waals surface area (Å²) >= 11 is 12.1. The minimum Gasteiger partial charge on any atom is -0.377 e. The van der Waals surface area contributed by atoms with Gasteiger partial charge in [0.25, 0.3) is 0 Å². The maximum Gasteiger partial charge on any atom is 0.132 e. The van der Waals surface area contributed by atoms with Crippen molar-refractivity contribution in [2.75, 3.05) is 19.0 Å². The molecule has 4 heteroatoms. The molecule has 1 aliphatic rings. The summed E-state index contributed by atoms with van der Waals surface area (Å²) < 4.78 is 0. The Morgan fingerprint density at radius 2 is 2.13 bits per heavy atom. The van der Waals surface area contributed by atoms with Gasteiger partial charge in [-0.3, -0.25) is 4.99 Å². The van der Waals surface area contributed by atoms with Crippen LogP contribution >= 0.6 is 23.2 Å². The lowest BCUT2D eigenvalue weighted by atomic mass is 10.00. The quantitative estimate of drug-likeness (QED) is 0.547. The Kier molecular flexibility index (Phi) is 2.89. The van der Waals surface area contributed by atoms with Crippen LogP contribution in [-0.2, 0) is 6.42 Å². The van der Waals surface area contributed by atoms with E-state index in [2.05, 4.69) is 16.0 Å². The first-order chi connectivity index (χ1) is 7.09. The molecular formula is C11H12Cl2N2. The zero-order chi connectivity index (χ0) is 11.0. The van der Waals surface area contributed by atoms with Crippen molar-refractivity contribution >= 4 is 34.1 Å². The number of anilines is 1. The SMILES string of the molecule is CN(C)c1cccc2c1CC(Cl)N=C2Cl. The van der Waals surface area contributed by atoms with E-state index >= 15 is 0 Å². The van der Waals surface area contributed by atoms with Gasteiger partial charge in [-0.25, -0.2) is 0 Å². The minimum absolute atomic E-state index is 0.244. The van der Waals surface area contributed by atoms with E-state index < -0.39 is 0 Å². The van der Waals surface area contributed by atoms with Crippen molar-refractivity contribution in [2.24, 2.45) is 4.99 Å². The summed E-state index contributed by atoms with van der Waals surface area (Å²) in [4.78, 5) is 6.22. The highest BCUT2D eigenvalue weighted by molar-refractivity contribution is 6.70. The van der Waals surface area contributed by atoms with Gasteiger partial charge in [0.15, 0.2) is 0 Å². The molecule has 80 valence electrons. The van der Waals surface area contributed by atoms with Crippen molar-refractivity contribution in [3.63, 3.8) is 0 Å². The Morgan fingerprint density at radius 1 is 1.40 bits per heavy atom. The van der Waals surface area contributed by atoms with Crippen molar-refractivity contribution in [3.8, 4) is 0 Å². The molecule has 0 N–H and O–H groups in total. The van der Waals surface area contributed by atoms with Crippen LogP contribution < -0.4 is 4.90 Å². The first kappa shape index (κ1) is 10.8. The summed E-state index contributed by atoms with van der Waals surface area (Å²) in [6.45, 7) is 0. The number of fused-ring (bicyclic) bond motifs is 1. The molecule has 0 saturated heterocycles. The van der Waals surface area contributed by atoms with Crippen LogP contribution in [0, 0.1) is 0 Å². The summed E-state index contributed by atoms with van der Waals surface area (Å²) in [5, 5.41) is 0.514. The molecule has 2 rings (SSSR count). The van der Waals surface area contributed by atoms with Gasteiger partial charge in [-0.2, -0.15) is 0 Å². The van der Waals surface area contributed by atoms with Gasteiger partial charge < -0.3 is 4.90 Å². The largest absolute Gasteiger partial charge is 0.377 e. The first-order valence-corrected chi connectivity index (χ1v) is 5.58. The molecule has 0 bridgehead atoms. The van der Waals surface area contributed by atoms with Crippen molar-refractivity contribution in [1.29, 1.82) is 0 Å². The van der Waals surface area contributed by atoms with Gasteiger partial charge in [0, 0.05) is 31.8 Å². The second-order valence-electron chi connectivity index (χ2n) is 3.76.